The maximum Gasteiger partial charge on any atom is 0.251 e. The van der Waals surface area contributed by atoms with Gasteiger partial charge in [-0.1, -0.05) is 29.8 Å². The Morgan fingerprint density at radius 3 is 2.42 bits per heavy atom. The smallest absolute Gasteiger partial charge is 0.251 e. The molecular formula is C24H32ClNO5. The fraction of sp³-hybridized carbons (Fsp3) is 0.458. The van der Waals surface area contributed by atoms with Gasteiger partial charge in [0.25, 0.3) is 5.91 Å². The highest BCUT2D eigenvalue weighted by atomic mass is 35.5. The number of halogens is 1. The molecule has 1 atom stereocenters. The van der Waals surface area contributed by atoms with Crippen molar-refractivity contribution in [2.24, 2.45) is 0 Å². The van der Waals surface area contributed by atoms with Crippen LogP contribution in [0.2, 0.25) is 5.02 Å². The molecule has 1 unspecified atom stereocenters. The fourth-order valence-electron chi connectivity index (χ4n) is 2.93. The Bertz CT molecular complexity index is 810. The summed E-state index contributed by atoms with van der Waals surface area (Å²) in [5.41, 5.74) is 2.03. The van der Waals surface area contributed by atoms with Crippen molar-refractivity contribution in [1.29, 1.82) is 0 Å². The van der Waals surface area contributed by atoms with Gasteiger partial charge in [-0.2, -0.15) is 0 Å². The van der Waals surface area contributed by atoms with Crippen LogP contribution in [-0.4, -0.2) is 45.0 Å². The van der Waals surface area contributed by atoms with E-state index in [1.54, 1.807) is 7.11 Å². The van der Waals surface area contributed by atoms with Crippen LogP contribution in [0.3, 0.4) is 0 Å². The molecule has 170 valence electrons. The zero-order chi connectivity index (χ0) is 22.6. The lowest BCUT2D eigenvalue weighted by molar-refractivity contribution is -0.137. The van der Waals surface area contributed by atoms with E-state index in [4.69, 9.17) is 30.5 Å². The number of hydrogen-bond donors (Lipinski definition) is 1. The average molecular weight is 450 g/mol. The highest BCUT2D eigenvalue weighted by Gasteiger charge is 2.18. The molecule has 0 heterocycles. The lowest BCUT2D eigenvalue weighted by Crippen LogP contribution is -2.40. The molecule has 2 aromatic rings. The Balaban J connectivity index is 1.82. The third-order valence-corrected chi connectivity index (χ3v) is 4.67. The molecule has 0 saturated heterocycles. The van der Waals surface area contributed by atoms with Crippen LogP contribution in [0.4, 0.5) is 0 Å². The lowest BCUT2D eigenvalue weighted by atomic mass is 10.1. The second-order valence-corrected chi connectivity index (χ2v) is 7.71. The van der Waals surface area contributed by atoms with Gasteiger partial charge in [0.05, 0.1) is 26.4 Å². The van der Waals surface area contributed by atoms with Crippen molar-refractivity contribution >= 4 is 17.5 Å². The number of amides is 1. The predicted octanol–water partition coefficient (Wildman–Crippen LogP) is 4.42. The summed E-state index contributed by atoms with van der Waals surface area (Å²) in [6, 6.07) is 13.2. The summed E-state index contributed by atoms with van der Waals surface area (Å²) in [5.74, 6) is 1.20. The molecule has 2 aromatic carbocycles. The molecule has 0 radical (unpaired) electrons. The minimum Gasteiger partial charge on any atom is -0.493 e. The molecule has 6 nitrogen and oxygen atoms in total. The van der Waals surface area contributed by atoms with Crippen molar-refractivity contribution < 1.29 is 23.7 Å². The number of benzene rings is 2. The molecule has 0 fully saturated rings. The van der Waals surface area contributed by atoms with E-state index in [1.165, 1.54) is 0 Å². The molecule has 0 aliphatic carbocycles. The molecule has 0 aliphatic rings. The maximum absolute atomic E-state index is 12.5. The van der Waals surface area contributed by atoms with Gasteiger partial charge in [-0.25, -0.2) is 0 Å². The molecular weight excluding hydrogens is 418 g/mol. The average Bonchev–Trinajstić information content (AvgIpc) is 2.75. The first kappa shape index (κ1) is 25.0. The van der Waals surface area contributed by atoms with Gasteiger partial charge < -0.3 is 24.3 Å². The minimum absolute atomic E-state index is 0.0662. The Labute approximate surface area is 189 Å². The zero-order valence-electron chi connectivity index (χ0n) is 18.7. The topological polar surface area (TPSA) is 66.0 Å². The van der Waals surface area contributed by atoms with Crippen LogP contribution in [0.25, 0.3) is 0 Å². The van der Waals surface area contributed by atoms with Crippen molar-refractivity contribution in [3.63, 3.8) is 0 Å². The molecule has 0 saturated carbocycles. The van der Waals surface area contributed by atoms with Crippen LogP contribution in [0.1, 0.15) is 31.9 Å². The van der Waals surface area contributed by atoms with E-state index in [2.05, 4.69) is 5.32 Å². The van der Waals surface area contributed by atoms with Crippen molar-refractivity contribution in [1.82, 2.24) is 5.32 Å². The van der Waals surface area contributed by atoms with E-state index in [9.17, 15) is 4.79 Å². The first-order valence-corrected chi connectivity index (χ1v) is 10.9. The van der Waals surface area contributed by atoms with Crippen molar-refractivity contribution in [2.45, 2.75) is 46.0 Å². The molecule has 0 aromatic heterocycles. The minimum atomic E-state index is -0.659. The monoisotopic (exact) mass is 449 g/mol. The van der Waals surface area contributed by atoms with E-state index in [-0.39, 0.29) is 18.6 Å². The number of rotatable bonds is 13. The Morgan fingerprint density at radius 2 is 1.77 bits per heavy atom. The summed E-state index contributed by atoms with van der Waals surface area (Å²) in [5, 5.41) is 3.60. The number of methoxy groups -OCH3 is 1. The van der Waals surface area contributed by atoms with E-state index in [0.29, 0.717) is 42.7 Å². The SMILES string of the molecule is CCOC(COCc1ccc(Cl)cc1)C(=O)NCCc1ccc(OC(C)C)c(OC)c1. The van der Waals surface area contributed by atoms with Crippen LogP contribution in [-0.2, 0) is 27.3 Å². The third-order valence-electron chi connectivity index (χ3n) is 4.42. The first-order valence-electron chi connectivity index (χ1n) is 10.5. The van der Waals surface area contributed by atoms with Gasteiger partial charge in [0.1, 0.15) is 0 Å². The molecule has 1 N–H and O–H groups in total. The summed E-state index contributed by atoms with van der Waals surface area (Å²) >= 11 is 5.89. The maximum atomic E-state index is 12.5. The van der Waals surface area contributed by atoms with Crippen molar-refractivity contribution in [2.75, 3.05) is 26.9 Å². The standard InChI is InChI=1S/C24H32ClNO5/c1-5-30-23(16-29-15-19-6-9-20(25)10-7-19)24(27)26-13-12-18-8-11-21(31-17(2)3)22(14-18)28-4/h6-11,14,17,23H,5,12-13,15-16H2,1-4H3,(H,26,27). The summed E-state index contributed by atoms with van der Waals surface area (Å²) in [4.78, 5) is 12.5. The van der Waals surface area contributed by atoms with Gasteiger partial charge in [-0.3, -0.25) is 4.79 Å². The van der Waals surface area contributed by atoms with Crippen LogP contribution < -0.4 is 14.8 Å². The molecule has 0 aliphatic heterocycles. The third kappa shape index (κ3) is 8.77. The van der Waals surface area contributed by atoms with Crippen molar-refractivity contribution in [3.05, 3.63) is 58.6 Å². The van der Waals surface area contributed by atoms with Gasteiger partial charge in [-0.15, -0.1) is 0 Å². The number of hydrogen-bond acceptors (Lipinski definition) is 5. The summed E-state index contributed by atoms with van der Waals surface area (Å²) < 4.78 is 22.4. The number of ether oxygens (including phenoxy) is 4. The quantitative estimate of drug-likeness (QED) is 0.490. The van der Waals surface area contributed by atoms with Crippen LogP contribution in [0.15, 0.2) is 42.5 Å². The van der Waals surface area contributed by atoms with Gasteiger partial charge in [0.15, 0.2) is 17.6 Å². The Hall–Kier alpha value is -2.28. The van der Waals surface area contributed by atoms with E-state index in [1.807, 2.05) is 63.2 Å². The molecule has 0 bridgehead atoms. The molecule has 2 rings (SSSR count). The highest BCUT2D eigenvalue weighted by Crippen LogP contribution is 2.29. The Kier molecular flexibility index (Phi) is 10.6. The van der Waals surface area contributed by atoms with Gasteiger partial charge in [0, 0.05) is 18.2 Å². The largest absolute Gasteiger partial charge is 0.493 e. The first-order chi connectivity index (χ1) is 14.9. The molecule has 31 heavy (non-hydrogen) atoms. The molecule has 1 amide bonds. The van der Waals surface area contributed by atoms with Crippen LogP contribution in [0.5, 0.6) is 11.5 Å². The lowest BCUT2D eigenvalue weighted by Gasteiger charge is -2.17. The molecule has 0 spiro atoms. The number of carbonyl (C=O) groups excluding carboxylic acids is 1. The van der Waals surface area contributed by atoms with E-state index < -0.39 is 6.10 Å². The highest BCUT2D eigenvalue weighted by molar-refractivity contribution is 6.30. The predicted molar refractivity (Wildman–Crippen MR) is 122 cm³/mol. The zero-order valence-corrected chi connectivity index (χ0v) is 19.4. The van der Waals surface area contributed by atoms with Gasteiger partial charge in [-0.05, 0) is 62.6 Å². The Morgan fingerprint density at radius 1 is 1.06 bits per heavy atom. The second kappa shape index (κ2) is 13.2. The summed E-state index contributed by atoms with van der Waals surface area (Å²) in [6.07, 6.45) is 0.0687. The number of nitrogens with one attached hydrogen (secondary N) is 1. The van der Waals surface area contributed by atoms with Gasteiger partial charge >= 0.3 is 0 Å². The van der Waals surface area contributed by atoms with Crippen LogP contribution >= 0.6 is 11.6 Å². The van der Waals surface area contributed by atoms with Crippen molar-refractivity contribution in [3.8, 4) is 11.5 Å². The second-order valence-electron chi connectivity index (χ2n) is 7.28. The van der Waals surface area contributed by atoms with E-state index in [0.717, 1.165) is 11.1 Å². The number of carbonyl (C=O) groups is 1. The summed E-state index contributed by atoms with van der Waals surface area (Å²) in [6.45, 7) is 7.26. The summed E-state index contributed by atoms with van der Waals surface area (Å²) in [7, 11) is 1.62. The molecule has 7 heteroatoms. The van der Waals surface area contributed by atoms with Crippen LogP contribution in [0, 0.1) is 0 Å². The normalized spacial score (nSPS) is 11.9. The fourth-order valence-corrected chi connectivity index (χ4v) is 3.05. The van der Waals surface area contributed by atoms with Gasteiger partial charge in [0.2, 0.25) is 0 Å². The van der Waals surface area contributed by atoms with E-state index >= 15 is 0 Å².